The van der Waals surface area contributed by atoms with E-state index >= 15 is 0 Å². The number of anilines is 1. The van der Waals surface area contributed by atoms with E-state index in [4.69, 9.17) is 4.98 Å². The highest BCUT2D eigenvalue weighted by molar-refractivity contribution is 5.73. The molecule has 0 saturated carbocycles. The number of aromatic nitrogens is 1. The molecule has 0 unspecified atom stereocenters. The van der Waals surface area contributed by atoms with Crippen LogP contribution in [0.3, 0.4) is 0 Å². The average Bonchev–Trinajstić information content (AvgIpc) is 2.62. The summed E-state index contributed by atoms with van der Waals surface area (Å²) in [5.74, 6) is 1.19. The van der Waals surface area contributed by atoms with E-state index in [1.807, 2.05) is 11.0 Å². The van der Waals surface area contributed by atoms with Gasteiger partial charge in [0.15, 0.2) is 0 Å². The number of aryl methyl sites for hydroxylation is 1. The van der Waals surface area contributed by atoms with Gasteiger partial charge in [0.25, 0.3) is 0 Å². The number of pyridine rings is 1. The molecule has 1 fully saturated rings. The Morgan fingerprint density at radius 2 is 1.75 bits per heavy atom. The fraction of sp³-hybridized carbons (Fsp3) is 0.400. The van der Waals surface area contributed by atoms with Crippen LogP contribution in [0, 0.1) is 0 Å². The van der Waals surface area contributed by atoms with Crippen molar-refractivity contribution in [3.05, 3.63) is 48.2 Å². The second kappa shape index (κ2) is 7.47. The first-order valence-electron chi connectivity index (χ1n) is 8.74. The van der Waals surface area contributed by atoms with Crippen molar-refractivity contribution >= 4 is 11.7 Å². The second-order valence-corrected chi connectivity index (χ2v) is 6.31. The smallest absolute Gasteiger partial charge is 0.219 e. The molecule has 1 saturated heterocycles. The zero-order valence-corrected chi connectivity index (χ0v) is 14.5. The average molecular weight is 323 g/mol. The number of piperazine rings is 1. The summed E-state index contributed by atoms with van der Waals surface area (Å²) in [6.45, 7) is 7.06. The summed E-state index contributed by atoms with van der Waals surface area (Å²) in [5, 5.41) is 0. The molecule has 0 atom stereocenters. The molecule has 0 spiro atoms. The van der Waals surface area contributed by atoms with Crippen LogP contribution in [0.25, 0.3) is 11.1 Å². The molecular formula is C20H25N3O. The molecule has 0 radical (unpaired) electrons. The number of benzene rings is 1. The van der Waals surface area contributed by atoms with Gasteiger partial charge in [-0.1, -0.05) is 43.7 Å². The Balaban J connectivity index is 1.87. The first-order valence-corrected chi connectivity index (χ1v) is 8.74. The highest BCUT2D eigenvalue weighted by atomic mass is 16.2. The monoisotopic (exact) mass is 323 g/mol. The molecule has 4 nitrogen and oxygen atoms in total. The molecular weight excluding hydrogens is 298 g/mol. The van der Waals surface area contributed by atoms with Crippen LogP contribution in [0.2, 0.25) is 0 Å². The van der Waals surface area contributed by atoms with Crippen LogP contribution >= 0.6 is 0 Å². The third kappa shape index (κ3) is 3.75. The van der Waals surface area contributed by atoms with Crippen molar-refractivity contribution in [2.45, 2.75) is 26.7 Å². The molecule has 1 aromatic heterocycles. The number of rotatable bonds is 4. The van der Waals surface area contributed by atoms with Gasteiger partial charge in [-0.15, -0.1) is 0 Å². The Morgan fingerprint density at radius 3 is 2.38 bits per heavy atom. The first kappa shape index (κ1) is 16.5. The molecule has 126 valence electrons. The Kier molecular flexibility index (Phi) is 5.14. The van der Waals surface area contributed by atoms with Gasteiger partial charge in [0.2, 0.25) is 5.91 Å². The van der Waals surface area contributed by atoms with Crippen molar-refractivity contribution in [3.8, 4) is 11.1 Å². The predicted molar refractivity (Wildman–Crippen MR) is 98.1 cm³/mol. The number of hydrogen-bond acceptors (Lipinski definition) is 3. The lowest BCUT2D eigenvalue weighted by atomic mass is 10.0. The number of hydrogen-bond donors (Lipinski definition) is 0. The fourth-order valence-electron chi connectivity index (χ4n) is 3.17. The van der Waals surface area contributed by atoms with E-state index in [9.17, 15) is 4.79 Å². The van der Waals surface area contributed by atoms with E-state index < -0.39 is 0 Å². The van der Waals surface area contributed by atoms with Crippen LogP contribution in [0.4, 0.5) is 5.82 Å². The molecule has 0 aliphatic carbocycles. The summed E-state index contributed by atoms with van der Waals surface area (Å²) in [4.78, 5) is 20.6. The maximum atomic E-state index is 11.5. The van der Waals surface area contributed by atoms with E-state index in [0.29, 0.717) is 0 Å². The fourth-order valence-corrected chi connectivity index (χ4v) is 3.17. The van der Waals surface area contributed by atoms with Gasteiger partial charge in [-0.25, -0.2) is 4.98 Å². The van der Waals surface area contributed by atoms with Crippen LogP contribution in [0.15, 0.2) is 42.5 Å². The summed E-state index contributed by atoms with van der Waals surface area (Å²) in [6.07, 6.45) is 2.07. The third-order valence-electron chi connectivity index (χ3n) is 4.53. The van der Waals surface area contributed by atoms with Gasteiger partial charge in [0.1, 0.15) is 5.82 Å². The van der Waals surface area contributed by atoms with E-state index in [1.54, 1.807) is 6.92 Å². The standard InChI is InChI=1S/C20H25N3O/c1-3-7-19-14-18(17-8-5-4-6-9-17)15-20(21-19)23-12-10-22(11-13-23)16(2)24/h4-6,8-9,14-15H,3,7,10-13H2,1-2H3. The quantitative estimate of drug-likeness (QED) is 0.865. The Labute approximate surface area is 144 Å². The van der Waals surface area contributed by atoms with Gasteiger partial charge < -0.3 is 9.80 Å². The van der Waals surface area contributed by atoms with Crippen molar-refractivity contribution in [3.63, 3.8) is 0 Å². The number of nitrogens with zero attached hydrogens (tertiary/aromatic N) is 3. The summed E-state index contributed by atoms with van der Waals surface area (Å²) in [6, 6.07) is 14.8. The van der Waals surface area contributed by atoms with Crippen molar-refractivity contribution in [1.29, 1.82) is 0 Å². The van der Waals surface area contributed by atoms with Crippen molar-refractivity contribution < 1.29 is 4.79 Å². The summed E-state index contributed by atoms with van der Waals surface area (Å²) >= 11 is 0. The number of amides is 1. The molecule has 2 heterocycles. The molecule has 4 heteroatoms. The summed E-state index contributed by atoms with van der Waals surface area (Å²) in [7, 11) is 0. The third-order valence-corrected chi connectivity index (χ3v) is 4.53. The predicted octanol–water partition coefficient (Wildman–Crippen LogP) is 3.37. The molecule has 2 aromatic rings. The molecule has 1 aliphatic heterocycles. The van der Waals surface area contributed by atoms with Crippen LogP contribution in [-0.2, 0) is 11.2 Å². The van der Waals surface area contributed by atoms with Crippen molar-refractivity contribution in [2.75, 3.05) is 31.1 Å². The molecule has 0 N–H and O–H groups in total. The molecule has 3 rings (SSSR count). The lowest BCUT2D eigenvalue weighted by molar-refractivity contribution is -0.129. The van der Waals surface area contributed by atoms with Gasteiger partial charge in [0, 0.05) is 38.8 Å². The second-order valence-electron chi connectivity index (χ2n) is 6.31. The lowest BCUT2D eigenvalue weighted by Crippen LogP contribution is -2.48. The van der Waals surface area contributed by atoms with E-state index in [2.05, 4.69) is 48.2 Å². The number of carbonyl (C=O) groups is 1. The maximum Gasteiger partial charge on any atom is 0.219 e. The van der Waals surface area contributed by atoms with Crippen LogP contribution in [0.1, 0.15) is 26.0 Å². The van der Waals surface area contributed by atoms with E-state index in [-0.39, 0.29) is 5.91 Å². The van der Waals surface area contributed by atoms with Crippen LogP contribution in [-0.4, -0.2) is 42.0 Å². The van der Waals surface area contributed by atoms with Gasteiger partial charge in [-0.3, -0.25) is 4.79 Å². The zero-order valence-electron chi connectivity index (χ0n) is 14.5. The van der Waals surface area contributed by atoms with Crippen LogP contribution < -0.4 is 4.90 Å². The van der Waals surface area contributed by atoms with E-state index in [0.717, 1.165) is 50.5 Å². The Hall–Kier alpha value is -2.36. The minimum absolute atomic E-state index is 0.160. The van der Waals surface area contributed by atoms with Crippen molar-refractivity contribution in [2.24, 2.45) is 0 Å². The Bertz CT molecular complexity index is 691. The zero-order chi connectivity index (χ0) is 16.9. The van der Waals surface area contributed by atoms with Gasteiger partial charge >= 0.3 is 0 Å². The molecule has 0 bridgehead atoms. The maximum absolute atomic E-state index is 11.5. The lowest BCUT2D eigenvalue weighted by Gasteiger charge is -2.35. The van der Waals surface area contributed by atoms with Crippen LogP contribution in [0.5, 0.6) is 0 Å². The minimum Gasteiger partial charge on any atom is -0.353 e. The molecule has 1 aliphatic rings. The van der Waals surface area contributed by atoms with Gasteiger partial charge in [-0.05, 0) is 29.7 Å². The highest BCUT2D eigenvalue weighted by Gasteiger charge is 2.20. The molecule has 24 heavy (non-hydrogen) atoms. The number of carbonyl (C=O) groups excluding carboxylic acids is 1. The molecule has 1 aromatic carbocycles. The normalized spacial score (nSPS) is 14.8. The largest absolute Gasteiger partial charge is 0.353 e. The minimum atomic E-state index is 0.160. The van der Waals surface area contributed by atoms with E-state index in [1.165, 1.54) is 11.1 Å². The molecule has 1 amide bonds. The summed E-state index contributed by atoms with van der Waals surface area (Å²) in [5.41, 5.74) is 3.58. The Morgan fingerprint density at radius 1 is 1.04 bits per heavy atom. The summed E-state index contributed by atoms with van der Waals surface area (Å²) < 4.78 is 0. The van der Waals surface area contributed by atoms with Gasteiger partial charge in [-0.2, -0.15) is 0 Å². The van der Waals surface area contributed by atoms with Crippen molar-refractivity contribution in [1.82, 2.24) is 9.88 Å². The SMILES string of the molecule is CCCc1cc(-c2ccccc2)cc(N2CCN(C(C)=O)CC2)n1. The topological polar surface area (TPSA) is 36.4 Å². The van der Waals surface area contributed by atoms with Gasteiger partial charge in [0.05, 0.1) is 0 Å². The highest BCUT2D eigenvalue weighted by Crippen LogP contribution is 2.25. The first-order chi connectivity index (χ1) is 11.7.